The van der Waals surface area contributed by atoms with Crippen LogP contribution in [0.1, 0.15) is 0 Å². The van der Waals surface area contributed by atoms with Gasteiger partial charge in [-0.3, -0.25) is 0 Å². The van der Waals surface area contributed by atoms with Crippen LogP contribution in [0.4, 0.5) is 34.1 Å². The summed E-state index contributed by atoms with van der Waals surface area (Å²) in [7, 11) is 0. The number of rotatable bonds is 3. The summed E-state index contributed by atoms with van der Waals surface area (Å²) in [6, 6.07) is 81.5. The zero-order valence-corrected chi connectivity index (χ0v) is 33.6. The lowest BCUT2D eigenvalue weighted by atomic mass is 10.00. The van der Waals surface area contributed by atoms with Crippen LogP contribution in [0.2, 0.25) is 0 Å². The van der Waals surface area contributed by atoms with E-state index in [1.165, 1.54) is 38.3 Å². The minimum Gasteiger partial charge on any atom is -0.456 e. The molecule has 0 atom stereocenters. The highest BCUT2D eigenvalue weighted by molar-refractivity contribution is 6.12. The molecule has 2 aromatic heterocycles. The maximum Gasteiger partial charge on any atom is 0.137 e. The first-order valence-corrected chi connectivity index (χ1v) is 21.2. The lowest BCUT2D eigenvalue weighted by Gasteiger charge is -2.28. The van der Waals surface area contributed by atoms with Crippen molar-refractivity contribution in [2.45, 2.75) is 0 Å². The van der Waals surface area contributed by atoms with Gasteiger partial charge in [-0.25, -0.2) is 0 Å². The van der Waals surface area contributed by atoms with Gasteiger partial charge < -0.3 is 18.8 Å². The van der Waals surface area contributed by atoms with Gasteiger partial charge in [-0.1, -0.05) is 121 Å². The van der Waals surface area contributed by atoms with Gasteiger partial charge in [0.1, 0.15) is 11.2 Å². The van der Waals surface area contributed by atoms with Crippen LogP contribution in [0.3, 0.4) is 0 Å². The molecule has 12 aromatic rings. The molecule has 1 aliphatic rings. The molecule has 0 radical (unpaired) electrons. The number of furan rings is 1. The molecule has 0 spiro atoms. The molecule has 290 valence electrons. The van der Waals surface area contributed by atoms with Gasteiger partial charge >= 0.3 is 0 Å². The number of fused-ring (bicyclic) bond motifs is 17. The number of hydrogen-bond acceptors (Lipinski definition) is 3. The van der Waals surface area contributed by atoms with Crippen LogP contribution in [0.15, 0.2) is 229 Å². The fourth-order valence-corrected chi connectivity index (χ4v) is 9.81. The molecule has 0 unspecified atom stereocenters. The van der Waals surface area contributed by atoms with Crippen LogP contribution in [0.25, 0.3) is 82.5 Å². The normalized spacial score (nSPS) is 12.5. The van der Waals surface area contributed by atoms with Gasteiger partial charge in [0.05, 0.1) is 16.7 Å². The van der Waals surface area contributed by atoms with Crippen molar-refractivity contribution in [1.29, 1.82) is 0 Å². The van der Waals surface area contributed by atoms with Crippen LogP contribution < -0.4 is 9.80 Å². The van der Waals surface area contributed by atoms with E-state index >= 15 is 0 Å². The summed E-state index contributed by atoms with van der Waals surface area (Å²) in [5.41, 5.74) is 16.3. The van der Waals surface area contributed by atoms with Gasteiger partial charge in [-0.15, -0.1) is 0 Å². The van der Waals surface area contributed by atoms with Gasteiger partial charge in [0.25, 0.3) is 0 Å². The second-order valence-corrected chi connectivity index (χ2v) is 16.2. The minimum absolute atomic E-state index is 0.868. The van der Waals surface area contributed by atoms with Crippen molar-refractivity contribution in [2.24, 2.45) is 0 Å². The average molecular weight is 792 g/mol. The number of para-hydroxylation sites is 2. The zero-order valence-electron chi connectivity index (χ0n) is 33.6. The first-order chi connectivity index (χ1) is 30.7. The Kier molecular flexibility index (Phi) is 7.57. The van der Waals surface area contributed by atoms with Crippen LogP contribution in [-0.4, -0.2) is 4.57 Å². The average Bonchev–Trinajstić information content (AvgIpc) is 3.87. The van der Waals surface area contributed by atoms with E-state index in [4.69, 9.17) is 4.42 Å². The van der Waals surface area contributed by atoms with Crippen molar-refractivity contribution in [3.05, 3.63) is 224 Å². The van der Waals surface area contributed by atoms with Gasteiger partial charge in [-0.2, -0.15) is 0 Å². The number of aromatic nitrogens is 1. The van der Waals surface area contributed by atoms with E-state index in [2.05, 4.69) is 227 Å². The standard InChI is InChI=1S/C58H37N3O/c1-2-22-49-38(12-1)13-11-26-54(49)61-55-25-5-3-23-50(55)53-36-47(29-31-56(53)61)59-43-18-7-14-39(32-43)41-16-9-20-45(34-41)60(46-21-10-17-42(35-46)40-15-8-19-44(59)33-40)48-28-30-52-51-24-4-6-27-57(51)62-58(52)37-48/h1-37H. The molecule has 10 aromatic carbocycles. The van der Waals surface area contributed by atoms with E-state index in [1.54, 1.807) is 0 Å². The predicted octanol–water partition coefficient (Wildman–Crippen LogP) is 16.4. The number of nitrogens with zero attached hydrogens (tertiary/aromatic N) is 3. The highest BCUT2D eigenvalue weighted by Gasteiger charge is 2.21. The van der Waals surface area contributed by atoms with E-state index in [0.29, 0.717) is 0 Å². The third-order valence-electron chi connectivity index (χ3n) is 12.6. The summed E-state index contributed by atoms with van der Waals surface area (Å²) in [5.74, 6) is 0. The Bertz CT molecular complexity index is 3650. The summed E-state index contributed by atoms with van der Waals surface area (Å²) in [6.07, 6.45) is 0. The molecule has 62 heavy (non-hydrogen) atoms. The summed E-state index contributed by atoms with van der Waals surface area (Å²) in [4.78, 5) is 4.75. The van der Waals surface area contributed by atoms with Crippen molar-refractivity contribution < 1.29 is 4.42 Å². The summed E-state index contributed by atoms with van der Waals surface area (Å²) < 4.78 is 8.85. The molecule has 4 heteroatoms. The first kappa shape index (κ1) is 34.5. The molecule has 13 rings (SSSR count). The smallest absolute Gasteiger partial charge is 0.137 e. The first-order valence-electron chi connectivity index (χ1n) is 21.2. The Labute approximate surface area is 358 Å². The molecular formula is C58H37N3O. The van der Waals surface area contributed by atoms with E-state index in [9.17, 15) is 0 Å². The fourth-order valence-electron chi connectivity index (χ4n) is 9.81. The molecule has 0 amide bonds. The minimum atomic E-state index is 0.868. The Hall–Kier alpha value is -8.34. The molecule has 0 N–H and O–H groups in total. The van der Waals surface area contributed by atoms with Crippen molar-refractivity contribution in [2.75, 3.05) is 9.80 Å². The highest BCUT2D eigenvalue weighted by atomic mass is 16.3. The molecule has 0 fully saturated rings. The molecule has 1 aliphatic heterocycles. The number of benzene rings is 10. The molecule has 0 saturated heterocycles. The Balaban J connectivity index is 1.01. The SMILES string of the molecule is c1cc2cc(c1)N(c1ccc3c(c1)oc1ccccc13)c1cccc(c1)-c1cccc(c1)N(c1ccc3c(c1)c1ccccc1n3-c1cccc3ccccc13)c1cccc-2c1. The lowest BCUT2D eigenvalue weighted by molar-refractivity contribution is 0.669. The number of hydrogen-bond donors (Lipinski definition) is 0. The van der Waals surface area contributed by atoms with E-state index < -0.39 is 0 Å². The van der Waals surface area contributed by atoms with Crippen LogP contribution >= 0.6 is 0 Å². The molecule has 0 aliphatic carbocycles. The van der Waals surface area contributed by atoms with E-state index in [1.807, 2.05) is 12.1 Å². The van der Waals surface area contributed by atoms with Crippen molar-refractivity contribution in [3.8, 4) is 27.9 Å². The quantitative estimate of drug-likeness (QED) is 0.178. The van der Waals surface area contributed by atoms with Gasteiger partial charge in [0.15, 0.2) is 0 Å². The fraction of sp³-hybridized carbons (Fsp3) is 0. The topological polar surface area (TPSA) is 24.6 Å². The molecule has 3 heterocycles. The zero-order chi connectivity index (χ0) is 40.7. The summed E-state index contributed by atoms with van der Waals surface area (Å²) in [6.45, 7) is 0. The van der Waals surface area contributed by atoms with Crippen molar-refractivity contribution >= 4 is 88.6 Å². The van der Waals surface area contributed by atoms with Gasteiger partial charge in [0.2, 0.25) is 0 Å². The molecule has 0 saturated carbocycles. The summed E-state index contributed by atoms with van der Waals surface area (Å²) >= 11 is 0. The Morgan fingerprint density at radius 3 is 1.40 bits per heavy atom. The second kappa shape index (κ2) is 13.6. The molecule has 8 bridgehead atoms. The third kappa shape index (κ3) is 5.40. The van der Waals surface area contributed by atoms with E-state index in [-0.39, 0.29) is 0 Å². The van der Waals surface area contributed by atoms with Crippen LogP contribution in [0, 0.1) is 0 Å². The maximum atomic E-state index is 6.42. The Morgan fingerprint density at radius 2 is 0.742 bits per heavy atom. The van der Waals surface area contributed by atoms with Gasteiger partial charge in [-0.05, 0) is 125 Å². The van der Waals surface area contributed by atoms with Crippen molar-refractivity contribution in [3.63, 3.8) is 0 Å². The van der Waals surface area contributed by atoms with Gasteiger partial charge in [0, 0.05) is 67.1 Å². The third-order valence-corrected chi connectivity index (χ3v) is 12.6. The molecular weight excluding hydrogens is 755 g/mol. The van der Waals surface area contributed by atoms with Crippen LogP contribution in [-0.2, 0) is 0 Å². The predicted molar refractivity (Wildman–Crippen MR) is 259 cm³/mol. The van der Waals surface area contributed by atoms with Crippen LogP contribution in [0.5, 0.6) is 0 Å². The highest BCUT2D eigenvalue weighted by Crippen LogP contribution is 2.45. The summed E-state index contributed by atoms with van der Waals surface area (Å²) in [5, 5.41) is 7.13. The van der Waals surface area contributed by atoms with Crippen molar-refractivity contribution in [1.82, 2.24) is 4.57 Å². The molecule has 4 nitrogen and oxygen atoms in total. The monoisotopic (exact) mass is 791 g/mol. The Morgan fingerprint density at radius 1 is 0.274 bits per heavy atom. The van der Waals surface area contributed by atoms with E-state index in [0.717, 1.165) is 78.3 Å². The second-order valence-electron chi connectivity index (χ2n) is 16.2. The number of anilines is 6. The largest absolute Gasteiger partial charge is 0.456 e. The lowest BCUT2D eigenvalue weighted by Crippen LogP contribution is -2.11. The maximum absolute atomic E-state index is 6.42.